The van der Waals surface area contributed by atoms with Gasteiger partial charge in [-0.3, -0.25) is 4.98 Å². The Balaban J connectivity index is 2.07. The standard InChI is InChI=1S/C13H18BrN3O3/c1-9(20-2)12-11(14)7-10(8-15-12)16-3-5-17(6-4-16)13(18)19/h7-9H,3-6H2,1-2H3,(H,18,19)/t9-/m0/s1. The number of hydrogen-bond acceptors (Lipinski definition) is 4. The Hall–Kier alpha value is -1.34. The van der Waals surface area contributed by atoms with Gasteiger partial charge >= 0.3 is 6.09 Å². The Morgan fingerprint density at radius 1 is 1.45 bits per heavy atom. The van der Waals surface area contributed by atoms with Gasteiger partial charge in [-0.25, -0.2) is 4.79 Å². The number of amides is 1. The van der Waals surface area contributed by atoms with Crippen LogP contribution in [0.3, 0.4) is 0 Å². The highest BCUT2D eigenvalue weighted by molar-refractivity contribution is 9.10. The average Bonchev–Trinajstić information content (AvgIpc) is 2.46. The largest absolute Gasteiger partial charge is 0.465 e. The fraction of sp³-hybridized carbons (Fsp3) is 0.538. The van der Waals surface area contributed by atoms with Crippen LogP contribution in [0.15, 0.2) is 16.7 Å². The Labute approximate surface area is 126 Å². The Morgan fingerprint density at radius 2 is 2.10 bits per heavy atom. The molecule has 0 bridgehead atoms. The van der Waals surface area contributed by atoms with Crippen LogP contribution in [0.25, 0.3) is 0 Å². The highest BCUT2D eigenvalue weighted by Gasteiger charge is 2.21. The van der Waals surface area contributed by atoms with E-state index in [-0.39, 0.29) is 6.10 Å². The van der Waals surface area contributed by atoms with Gasteiger partial charge in [-0.05, 0) is 28.9 Å². The molecule has 1 amide bonds. The van der Waals surface area contributed by atoms with Crippen LogP contribution < -0.4 is 4.90 Å². The number of halogens is 1. The molecule has 0 aromatic carbocycles. The molecule has 110 valence electrons. The molecule has 2 rings (SSSR count). The minimum Gasteiger partial charge on any atom is -0.465 e. The molecule has 1 fully saturated rings. The summed E-state index contributed by atoms with van der Waals surface area (Å²) in [6.07, 6.45) is 0.891. The molecule has 0 spiro atoms. The summed E-state index contributed by atoms with van der Waals surface area (Å²) >= 11 is 3.52. The van der Waals surface area contributed by atoms with Crippen LogP contribution in [0, 0.1) is 0 Å². The Kier molecular flexibility index (Phi) is 4.82. The minimum absolute atomic E-state index is 0.0673. The lowest BCUT2D eigenvalue weighted by molar-refractivity contribution is 0.115. The summed E-state index contributed by atoms with van der Waals surface area (Å²) in [6, 6.07) is 2.01. The second-order valence-corrected chi connectivity index (χ2v) is 5.55. The van der Waals surface area contributed by atoms with Crippen LogP contribution in [0.2, 0.25) is 0 Å². The van der Waals surface area contributed by atoms with Crippen LogP contribution in [-0.2, 0) is 4.74 Å². The van der Waals surface area contributed by atoms with Crippen LogP contribution in [0.5, 0.6) is 0 Å². The van der Waals surface area contributed by atoms with E-state index < -0.39 is 6.09 Å². The predicted molar refractivity (Wildman–Crippen MR) is 79.2 cm³/mol. The number of aromatic nitrogens is 1. The average molecular weight is 344 g/mol. The molecular formula is C13H18BrN3O3. The lowest BCUT2D eigenvalue weighted by atomic mass is 10.2. The van der Waals surface area contributed by atoms with E-state index in [0.717, 1.165) is 15.9 Å². The molecule has 1 aromatic rings. The van der Waals surface area contributed by atoms with Gasteiger partial charge in [-0.2, -0.15) is 0 Å². The van der Waals surface area contributed by atoms with Gasteiger partial charge < -0.3 is 19.6 Å². The molecule has 0 radical (unpaired) electrons. The lowest BCUT2D eigenvalue weighted by Crippen LogP contribution is -2.48. The summed E-state index contributed by atoms with van der Waals surface area (Å²) in [5.41, 5.74) is 1.86. The number of rotatable bonds is 3. The number of piperazine rings is 1. The number of carboxylic acid groups (broad SMARTS) is 1. The summed E-state index contributed by atoms with van der Waals surface area (Å²) in [7, 11) is 1.65. The van der Waals surface area contributed by atoms with Crippen molar-refractivity contribution in [3.05, 3.63) is 22.4 Å². The molecule has 1 aromatic heterocycles. The normalized spacial score (nSPS) is 17.1. The smallest absolute Gasteiger partial charge is 0.407 e. The molecular weight excluding hydrogens is 326 g/mol. The van der Waals surface area contributed by atoms with E-state index in [4.69, 9.17) is 9.84 Å². The highest BCUT2D eigenvalue weighted by Crippen LogP contribution is 2.27. The van der Waals surface area contributed by atoms with Gasteiger partial charge in [-0.15, -0.1) is 0 Å². The SMILES string of the molecule is CO[C@@H](C)c1ncc(N2CCN(C(=O)O)CC2)cc1Br. The fourth-order valence-electron chi connectivity index (χ4n) is 2.18. The maximum absolute atomic E-state index is 10.9. The van der Waals surface area contributed by atoms with Gasteiger partial charge in [0.05, 0.1) is 23.7 Å². The molecule has 0 saturated carbocycles. The molecule has 6 nitrogen and oxygen atoms in total. The van der Waals surface area contributed by atoms with Crippen molar-refractivity contribution in [1.82, 2.24) is 9.88 Å². The second kappa shape index (κ2) is 6.41. The van der Waals surface area contributed by atoms with Gasteiger partial charge in [0.1, 0.15) is 0 Å². The summed E-state index contributed by atoms with van der Waals surface area (Å²) in [5, 5.41) is 8.94. The second-order valence-electron chi connectivity index (χ2n) is 4.70. The molecule has 20 heavy (non-hydrogen) atoms. The van der Waals surface area contributed by atoms with Crippen molar-refractivity contribution >= 4 is 27.7 Å². The van der Waals surface area contributed by atoms with E-state index in [0.29, 0.717) is 26.2 Å². The van der Waals surface area contributed by atoms with Crippen LogP contribution >= 0.6 is 15.9 Å². The zero-order chi connectivity index (χ0) is 14.7. The first-order chi connectivity index (χ1) is 9.52. The number of methoxy groups -OCH3 is 1. The Morgan fingerprint density at radius 3 is 2.60 bits per heavy atom. The van der Waals surface area contributed by atoms with Crippen molar-refractivity contribution in [2.24, 2.45) is 0 Å². The molecule has 2 heterocycles. The third-order valence-electron chi connectivity index (χ3n) is 3.51. The van der Waals surface area contributed by atoms with E-state index in [9.17, 15) is 4.79 Å². The van der Waals surface area contributed by atoms with Crippen LogP contribution in [-0.4, -0.2) is 54.4 Å². The zero-order valence-electron chi connectivity index (χ0n) is 11.5. The first kappa shape index (κ1) is 15.1. The zero-order valence-corrected chi connectivity index (χ0v) is 13.1. The first-order valence-electron chi connectivity index (χ1n) is 6.44. The van der Waals surface area contributed by atoms with E-state index in [1.165, 1.54) is 4.90 Å². The number of hydrogen-bond donors (Lipinski definition) is 1. The van der Waals surface area contributed by atoms with Crippen molar-refractivity contribution in [3.63, 3.8) is 0 Å². The molecule has 1 aliphatic rings. The van der Waals surface area contributed by atoms with Crippen molar-refractivity contribution in [3.8, 4) is 0 Å². The topological polar surface area (TPSA) is 65.9 Å². The third-order valence-corrected chi connectivity index (χ3v) is 4.14. The number of carbonyl (C=O) groups is 1. The summed E-state index contributed by atoms with van der Waals surface area (Å²) in [6.45, 7) is 4.34. The Bertz CT molecular complexity index is 490. The number of anilines is 1. The van der Waals surface area contributed by atoms with Gasteiger partial charge in [0, 0.05) is 37.8 Å². The van der Waals surface area contributed by atoms with E-state index >= 15 is 0 Å². The highest BCUT2D eigenvalue weighted by atomic mass is 79.9. The molecule has 1 saturated heterocycles. The first-order valence-corrected chi connectivity index (χ1v) is 7.23. The van der Waals surface area contributed by atoms with Crippen LogP contribution in [0.4, 0.5) is 10.5 Å². The van der Waals surface area contributed by atoms with Gasteiger partial charge in [0.15, 0.2) is 0 Å². The van der Waals surface area contributed by atoms with Gasteiger partial charge in [0.2, 0.25) is 0 Å². The third kappa shape index (κ3) is 3.21. The van der Waals surface area contributed by atoms with Gasteiger partial charge in [0.25, 0.3) is 0 Å². The maximum Gasteiger partial charge on any atom is 0.407 e. The molecule has 1 atom stereocenters. The lowest BCUT2D eigenvalue weighted by Gasteiger charge is -2.34. The summed E-state index contributed by atoms with van der Waals surface area (Å²) in [4.78, 5) is 18.9. The molecule has 1 aliphatic heterocycles. The predicted octanol–water partition coefficient (Wildman–Crippen LogP) is 2.35. The minimum atomic E-state index is -0.853. The fourth-order valence-corrected chi connectivity index (χ4v) is 2.84. The maximum atomic E-state index is 10.9. The molecule has 1 N–H and O–H groups in total. The van der Waals surface area contributed by atoms with Gasteiger partial charge in [-0.1, -0.05) is 0 Å². The molecule has 7 heteroatoms. The van der Waals surface area contributed by atoms with E-state index in [1.807, 2.05) is 19.2 Å². The van der Waals surface area contributed by atoms with Crippen molar-refractivity contribution in [2.75, 3.05) is 38.2 Å². The van der Waals surface area contributed by atoms with Crippen LogP contribution in [0.1, 0.15) is 18.7 Å². The summed E-state index contributed by atoms with van der Waals surface area (Å²) in [5.74, 6) is 0. The monoisotopic (exact) mass is 343 g/mol. The van der Waals surface area contributed by atoms with Crippen molar-refractivity contribution in [1.29, 1.82) is 0 Å². The van der Waals surface area contributed by atoms with E-state index in [2.05, 4.69) is 25.8 Å². The van der Waals surface area contributed by atoms with Crippen molar-refractivity contribution < 1.29 is 14.6 Å². The number of pyridine rings is 1. The van der Waals surface area contributed by atoms with E-state index in [1.54, 1.807) is 7.11 Å². The van der Waals surface area contributed by atoms with Crippen molar-refractivity contribution in [2.45, 2.75) is 13.0 Å². The molecule has 0 aliphatic carbocycles. The quantitative estimate of drug-likeness (QED) is 0.912. The number of ether oxygens (including phenoxy) is 1. The summed E-state index contributed by atoms with van der Waals surface area (Å²) < 4.78 is 6.17. The molecule has 0 unspecified atom stereocenters. The number of nitrogens with zero attached hydrogens (tertiary/aromatic N) is 3.